The van der Waals surface area contributed by atoms with Gasteiger partial charge >= 0.3 is 0 Å². The molecule has 3 aromatic heterocycles. The van der Waals surface area contributed by atoms with Crippen molar-refractivity contribution >= 4 is 49.9 Å². The Labute approximate surface area is 283 Å². The minimum Gasteiger partial charge on any atom is -0.508 e. The Bertz CT molecular complexity index is 1950. The second kappa shape index (κ2) is 15.5. The van der Waals surface area contributed by atoms with Crippen molar-refractivity contribution < 1.29 is 39.7 Å². The van der Waals surface area contributed by atoms with Crippen LogP contribution in [-0.4, -0.2) is 49.3 Å². The zero-order chi connectivity index (χ0) is 35.1. The normalized spacial score (nSPS) is 11.3. The maximum Gasteiger partial charge on any atom is 0.295 e. The van der Waals surface area contributed by atoms with Crippen molar-refractivity contribution in [1.29, 1.82) is 0 Å². The standard InChI is InChI=1S/C17H14N2O7S.C12H13N3O4S2/c1-10-2-7-13-15(8-10)27-17(11-3-5-12(20)6-4-11)16(13)14(26-19(23)24)9-25-18(21)22;1-6-8(3)20-11(13-6)10(16)12-14-7(2)9(21-12)4-5-19-15(17)18/h2-8,14,20H,9H2,1H3;4-5H2,1-3H3. The van der Waals surface area contributed by atoms with E-state index >= 15 is 0 Å². The van der Waals surface area contributed by atoms with E-state index in [-0.39, 0.29) is 18.1 Å². The van der Waals surface area contributed by atoms with E-state index in [4.69, 9.17) is 4.84 Å². The number of nitrogens with zero attached hydrogens (tertiary/aromatic N) is 5. The number of carbonyl (C=O) groups is 1. The predicted octanol–water partition coefficient (Wildman–Crippen LogP) is 6.55. The predicted molar refractivity (Wildman–Crippen MR) is 176 cm³/mol. The molecule has 0 radical (unpaired) electrons. The molecule has 0 fully saturated rings. The van der Waals surface area contributed by atoms with Gasteiger partial charge < -0.3 is 19.6 Å². The first-order valence-corrected chi connectivity index (χ1v) is 16.3. The molecule has 19 heteroatoms. The molecule has 1 atom stereocenters. The molecule has 0 saturated carbocycles. The lowest BCUT2D eigenvalue weighted by Gasteiger charge is -2.16. The number of aryl methyl sites for hydroxylation is 4. The van der Waals surface area contributed by atoms with E-state index in [1.165, 1.54) is 46.1 Å². The minimum absolute atomic E-state index is 0.0425. The zero-order valence-corrected chi connectivity index (χ0v) is 28.2. The van der Waals surface area contributed by atoms with Gasteiger partial charge in [0.25, 0.3) is 15.3 Å². The fraction of sp³-hybridized carbons (Fsp3) is 0.276. The van der Waals surface area contributed by atoms with Crippen molar-refractivity contribution in [2.24, 2.45) is 0 Å². The minimum atomic E-state index is -1.29. The Kier molecular flexibility index (Phi) is 11.5. The van der Waals surface area contributed by atoms with Crippen molar-refractivity contribution in [2.45, 2.75) is 40.2 Å². The maximum absolute atomic E-state index is 12.3. The first-order valence-electron chi connectivity index (χ1n) is 13.9. The summed E-state index contributed by atoms with van der Waals surface area (Å²) in [6, 6.07) is 11.9. The SMILES string of the molecule is Cc1ccc2c(C(CO[N+](=O)[O-])O[N+](=O)[O-])c(-c3ccc(O)cc3)sc2c1.Cc1nc(C(=O)c2nc(C)c(CCO[N+](=O)[O-])s2)sc1C. The van der Waals surface area contributed by atoms with Crippen LogP contribution < -0.4 is 0 Å². The third-order valence-corrected chi connectivity index (χ3v) is 10.2. The summed E-state index contributed by atoms with van der Waals surface area (Å²) >= 11 is 3.96. The quantitative estimate of drug-likeness (QED) is 0.0777. The maximum atomic E-state index is 12.3. The molecule has 1 N–H and O–H groups in total. The highest BCUT2D eigenvalue weighted by atomic mass is 32.1. The molecule has 5 rings (SSSR count). The average molecular weight is 718 g/mol. The highest BCUT2D eigenvalue weighted by molar-refractivity contribution is 7.22. The largest absolute Gasteiger partial charge is 0.508 e. The monoisotopic (exact) mass is 717 g/mol. The van der Waals surface area contributed by atoms with Crippen LogP contribution in [0.1, 0.15) is 53.2 Å². The van der Waals surface area contributed by atoms with Crippen molar-refractivity contribution in [1.82, 2.24) is 9.97 Å². The molecule has 5 aromatic rings. The van der Waals surface area contributed by atoms with E-state index in [0.29, 0.717) is 43.5 Å². The lowest BCUT2D eigenvalue weighted by molar-refractivity contribution is -0.792. The van der Waals surface area contributed by atoms with E-state index in [9.17, 15) is 40.2 Å². The Balaban J connectivity index is 0.000000224. The summed E-state index contributed by atoms with van der Waals surface area (Å²) in [5.41, 5.74) is 3.66. The second-order valence-corrected chi connectivity index (χ2v) is 13.4. The van der Waals surface area contributed by atoms with Gasteiger partial charge in [-0.2, -0.15) is 0 Å². The number of hydrogen-bond donors (Lipinski definition) is 1. The van der Waals surface area contributed by atoms with Crippen LogP contribution in [0.2, 0.25) is 0 Å². The molecule has 0 amide bonds. The molecule has 0 bridgehead atoms. The highest BCUT2D eigenvalue weighted by Gasteiger charge is 2.27. The van der Waals surface area contributed by atoms with Crippen LogP contribution in [0.4, 0.5) is 0 Å². The number of thiophene rings is 1. The van der Waals surface area contributed by atoms with Gasteiger partial charge in [0, 0.05) is 31.3 Å². The number of thiazole rings is 2. The summed E-state index contributed by atoms with van der Waals surface area (Å²) < 4.78 is 0.853. The van der Waals surface area contributed by atoms with Gasteiger partial charge in [0.05, 0.1) is 11.4 Å². The third-order valence-electron chi connectivity index (χ3n) is 6.72. The topological polar surface area (TPSA) is 220 Å². The van der Waals surface area contributed by atoms with Crippen LogP contribution in [0.3, 0.4) is 0 Å². The Morgan fingerprint density at radius 3 is 2.10 bits per heavy atom. The number of rotatable bonds is 13. The molecule has 252 valence electrons. The van der Waals surface area contributed by atoms with Crippen LogP contribution in [0.5, 0.6) is 5.75 Å². The van der Waals surface area contributed by atoms with E-state index in [1.54, 1.807) is 25.1 Å². The Morgan fingerprint density at radius 2 is 1.50 bits per heavy atom. The number of carbonyl (C=O) groups excluding carboxylic acids is 1. The van der Waals surface area contributed by atoms with Crippen LogP contribution in [0, 0.1) is 58.0 Å². The van der Waals surface area contributed by atoms with Gasteiger partial charge in [-0.05, 0) is 74.5 Å². The fourth-order valence-corrected chi connectivity index (χ4v) is 7.66. The molecule has 2 aromatic carbocycles. The zero-order valence-electron chi connectivity index (χ0n) is 25.7. The Hall–Kier alpha value is -5.27. The number of benzene rings is 2. The van der Waals surface area contributed by atoms with Gasteiger partial charge in [-0.15, -0.1) is 64.4 Å². The van der Waals surface area contributed by atoms with Gasteiger partial charge in [0.15, 0.2) is 16.1 Å². The summed E-state index contributed by atoms with van der Waals surface area (Å²) in [5.74, 6) is -0.127. The molecule has 0 saturated heterocycles. The fourth-order valence-electron chi connectivity index (χ4n) is 4.40. The van der Waals surface area contributed by atoms with Gasteiger partial charge in [-0.1, -0.05) is 12.1 Å². The molecule has 3 heterocycles. The highest BCUT2D eigenvalue weighted by Crippen LogP contribution is 2.43. The van der Waals surface area contributed by atoms with E-state index < -0.39 is 28.0 Å². The summed E-state index contributed by atoms with van der Waals surface area (Å²) in [4.78, 5) is 68.3. The van der Waals surface area contributed by atoms with Crippen LogP contribution >= 0.6 is 34.0 Å². The van der Waals surface area contributed by atoms with E-state index in [0.717, 1.165) is 25.7 Å². The molecular weight excluding hydrogens is 691 g/mol. The Morgan fingerprint density at radius 1 is 0.854 bits per heavy atom. The van der Waals surface area contributed by atoms with Crippen molar-refractivity contribution in [3.63, 3.8) is 0 Å². The molecular formula is C29H27N5O11S3. The van der Waals surface area contributed by atoms with E-state index in [2.05, 4.69) is 19.6 Å². The van der Waals surface area contributed by atoms with Gasteiger partial charge in [-0.25, -0.2) is 9.97 Å². The molecule has 0 aliphatic rings. The molecule has 0 spiro atoms. The number of fused-ring (bicyclic) bond motifs is 1. The summed E-state index contributed by atoms with van der Waals surface area (Å²) in [7, 11) is 0. The first-order chi connectivity index (χ1) is 22.7. The third kappa shape index (κ3) is 8.96. The number of ketones is 1. The summed E-state index contributed by atoms with van der Waals surface area (Å²) in [6.07, 6.45) is -0.932. The number of hydrogen-bond acceptors (Lipinski definition) is 16. The van der Waals surface area contributed by atoms with E-state index in [1.807, 2.05) is 32.9 Å². The number of aromatic nitrogens is 2. The molecule has 1 unspecified atom stereocenters. The summed E-state index contributed by atoms with van der Waals surface area (Å²) in [5, 5.41) is 39.8. The van der Waals surface area contributed by atoms with Crippen LogP contribution in [0.15, 0.2) is 42.5 Å². The second-order valence-electron chi connectivity index (χ2n) is 10.1. The number of aromatic hydroxyl groups is 1. The van der Waals surface area contributed by atoms with Gasteiger partial charge in [-0.3, -0.25) is 4.79 Å². The lowest BCUT2D eigenvalue weighted by atomic mass is 10.0. The molecule has 16 nitrogen and oxygen atoms in total. The summed E-state index contributed by atoms with van der Waals surface area (Å²) in [6.45, 7) is 6.79. The van der Waals surface area contributed by atoms with Crippen molar-refractivity contribution in [2.75, 3.05) is 13.2 Å². The average Bonchev–Trinajstić information content (AvgIpc) is 3.69. The smallest absolute Gasteiger partial charge is 0.295 e. The number of phenolic OH excluding ortho intramolecular Hbond substituents is 1. The molecule has 48 heavy (non-hydrogen) atoms. The van der Waals surface area contributed by atoms with Gasteiger partial charge in [0.2, 0.25) is 5.78 Å². The van der Waals surface area contributed by atoms with Crippen LogP contribution in [-0.2, 0) is 20.9 Å². The molecule has 0 aliphatic carbocycles. The van der Waals surface area contributed by atoms with Gasteiger partial charge in [0.1, 0.15) is 19.0 Å². The first kappa shape index (κ1) is 35.6. The van der Waals surface area contributed by atoms with Crippen molar-refractivity contribution in [3.8, 4) is 16.2 Å². The van der Waals surface area contributed by atoms with Crippen molar-refractivity contribution in [3.05, 3.63) is 115 Å². The van der Waals surface area contributed by atoms with Crippen LogP contribution in [0.25, 0.3) is 20.5 Å². The number of phenols is 1. The molecule has 0 aliphatic heterocycles. The lowest BCUT2D eigenvalue weighted by Crippen LogP contribution is -2.18.